The van der Waals surface area contributed by atoms with E-state index in [1.54, 1.807) is 7.11 Å². The number of hydrogen-bond acceptors (Lipinski definition) is 6. The molecule has 2 aliphatic heterocycles. The molecule has 1 fully saturated rings. The molecule has 1 aromatic heterocycles. The van der Waals surface area contributed by atoms with Crippen LogP contribution in [0.3, 0.4) is 0 Å². The van der Waals surface area contributed by atoms with Gasteiger partial charge < -0.3 is 23.8 Å². The van der Waals surface area contributed by atoms with Crippen LogP contribution in [0.2, 0.25) is 0 Å². The third-order valence-corrected chi connectivity index (χ3v) is 6.65. The maximum absolute atomic E-state index is 13.0. The fourth-order valence-corrected chi connectivity index (χ4v) is 4.88. The highest BCUT2D eigenvalue weighted by Crippen LogP contribution is 2.35. The van der Waals surface area contributed by atoms with Crippen LogP contribution in [-0.2, 0) is 33.8 Å². The number of amides is 1. The molecule has 2 aromatic carbocycles. The molecule has 1 atom stereocenters. The highest BCUT2D eigenvalue weighted by atomic mass is 16.5. The van der Waals surface area contributed by atoms with E-state index in [-0.39, 0.29) is 18.6 Å². The van der Waals surface area contributed by atoms with Gasteiger partial charge in [-0.3, -0.25) is 4.79 Å². The number of benzene rings is 2. The van der Waals surface area contributed by atoms with Crippen LogP contribution < -0.4 is 4.90 Å². The van der Waals surface area contributed by atoms with Crippen LogP contribution in [0.1, 0.15) is 29.5 Å². The Hall–Kier alpha value is -3.16. The highest BCUT2D eigenvalue weighted by molar-refractivity contribution is 5.78. The average Bonchev–Trinajstić information content (AvgIpc) is 3.54. The van der Waals surface area contributed by atoms with Gasteiger partial charge in [0.2, 0.25) is 11.8 Å². The second-order valence-electron chi connectivity index (χ2n) is 8.96. The van der Waals surface area contributed by atoms with Crippen LogP contribution in [0.15, 0.2) is 59.1 Å². The number of ether oxygens (including phenoxy) is 2. The number of rotatable bonds is 8. The Kier molecular flexibility index (Phi) is 6.92. The van der Waals surface area contributed by atoms with Gasteiger partial charge in [-0.15, -0.1) is 0 Å². The van der Waals surface area contributed by atoms with Crippen molar-refractivity contribution in [2.75, 3.05) is 38.3 Å². The summed E-state index contributed by atoms with van der Waals surface area (Å²) >= 11 is 0. The molecule has 3 heterocycles. The summed E-state index contributed by atoms with van der Waals surface area (Å²) in [5.74, 6) is 0.670. The van der Waals surface area contributed by atoms with E-state index in [1.807, 2.05) is 35.2 Å². The van der Waals surface area contributed by atoms with Crippen molar-refractivity contribution in [2.24, 2.45) is 0 Å². The molecule has 34 heavy (non-hydrogen) atoms. The van der Waals surface area contributed by atoms with Gasteiger partial charge in [-0.25, -0.2) is 0 Å². The zero-order valence-corrected chi connectivity index (χ0v) is 19.6. The van der Waals surface area contributed by atoms with Gasteiger partial charge in [0.05, 0.1) is 18.2 Å². The highest BCUT2D eigenvalue weighted by Gasteiger charge is 2.30. The van der Waals surface area contributed by atoms with E-state index in [4.69, 9.17) is 14.0 Å². The van der Waals surface area contributed by atoms with Crippen LogP contribution in [0, 0.1) is 0 Å². The molecule has 7 nitrogen and oxygen atoms in total. The smallest absolute Gasteiger partial charge is 0.248 e. The van der Waals surface area contributed by atoms with Crippen molar-refractivity contribution in [2.45, 2.75) is 38.5 Å². The lowest BCUT2D eigenvalue weighted by molar-refractivity contribution is -0.137. The molecule has 1 amide bonds. The fourth-order valence-electron chi connectivity index (χ4n) is 4.88. The van der Waals surface area contributed by atoms with E-state index < -0.39 is 0 Å². The predicted molar refractivity (Wildman–Crippen MR) is 129 cm³/mol. The molecule has 0 spiro atoms. The monoisotopic (exact) mass is 461 g/mol. The topological polar surface area (TPSA) is 68.0 Å². The number of hydrogen-bond donors (Lipinski definition) is 0. The van der Waals surface area contributed by atoms with Crippen molar-refractivity contribution in [3.05, 3.63) is 71.3 Å². The molecule has 0 N–H and O–H groups in total. The molecule has 3 aromatic rings. The van der Waals surface area contributed by atoms with Gasteiger partial charge in [0.25, 0.3) is 0 Å². The Bertz CT molecular complexity index is 1110. The number of methoxy groups -OCH3 is 1. The number of carbonyl (C=O) groups is 1. The Balaban J connectivity index is 1.49. The Morgan fingerprint density at radius 1 is 1.15 bits per heavy atom. The second-order valence-corrected chi connectivity index (χ2v) is 8.96. The van der Waals surface area contributed by atoms with Crippen molar-refractivity contribution >= 4 is 11.8 Å². The van der Waals surface area contributed by atoms with Crippen LogP contribution in [0.25, 0.3) is 11.3 Å². The fraction of sp³-hybridized carbons (Fsp3) is 0.407. The zero-order chi connectivity index (χ0) is 23.3. The third kappa shape index (κ3) is 4.86. The minimum Gasteiger partial charge on any atom is -0.376 e. The first kappa shape index (κ1) is 22.6. The molecule has 1 saturated heterocycles. The SMILES string of the molecule is COCC(=O)N(Cc1c(-c2ccccc2)noc1N1CCc2ccccc2C1)CC1CCCO1. The van der Waals surface area contributed by atoms with Crippen LogP contribution in [0.5, 0.6) is 0 Å². The molecule has 0 saturated carbocycles. The van der Waals surface area contributed by atoms with Crippen molar-refractivity contribution in [1.82, 2.24) is 10.1 Å². The average molecular weight is 462 g/mol. The lowest BCUT2D eigenvalue weighted by Gasteiger charge is -2.30. The molecule has 0 bridgehead atoms. The first-order chi connectivity index (χ1) is 16.7. The summed E-state index contributed by atoms with van der Waals surface area (Å²) in [7, 11) is 1.55. The van der Waals surface area contributed by atoms with Crippen LogP contribution in [-0.4, -0.2) is 55.5 Å². The number of fused-ring (bicyclic) bond motifs is 1. The van der Waals surface area contributed by atoms with Crippen molar-refractivity contribution in [3.8, 4) is 11.3 Å². The maximum atomic E-state index is 13.0. The molecule has 2 aliphatic rings. The molecular weight excluding hydrogens is 430 g/mol. The first-order valence-corrected chi connectivity index (χ1v) is 12.0. The Morgan fingerprint density at radius 2 is 1.94 bits per heavy atom. The van der Waals surface area contributed by atoms with E-state index >= 15 is 0 Å². The molecule has 7 heteroatoms. The number of nitrogens with zero attached hydrogens (tertiary/aromatic N) is 3. The zero-order valence-electron chi connectivity index (χ0n) is 19.6. The summed E-state index contributed by atoms with van der Waals surface area (Å²) in [5.41, 5.74) is 5.34. The standard InChI is InChI=1S/C27H31N3O4/c1-32-19-25(31)30(17-23-12-7-15-33-23)18-24-26(21-9-3-2-4-10-21)28-34-27(24)29-14-13-20-8-5-6-11-22(20)16-29/h2-6,8-11,23H,7,12-19H2,1H3. The van der Waals surface area contributed by atoms with Crippen LogP contribution in [0.4, 0.5) is 5.88 Å². The van der Waals surface area contributed by atoms with Gasteiger partial charge >= 0.3 is 0 Å². The first-order valence-electron chi connectivity index (χ1n) is 12.0. The van der Waals surface area contributed by atoms with Crippen LogP contribution >= 0.6 is 0 Å². The van der Waals surface area contributed by atoms with Crippen molar-refractivity contribution in [3.63, 3.8) is 0 Å². The van der Waals surface area contributed by atoms with E-state index in [9.17, 15) is 4.79 Å². The predicted octanol–water partition coefficient (Wildman–Crippen LogP) is 4.06. The van der Waals surface area contributed by atoms with E-state index in [0.717, 1.165) is 61.7 Å². The molecule has 178 valence electrons. The van der Waals surface area contributed by atoms with E-state index in [0.29, 0.717) is 13.1 Å². The summed E-state index contributed by atoms with van der Waals surface area (Å²) in [4.78, 5) is 17.1. The maximum Gasteiger partial charge on any atom is 0.248 e. The lowest BCUT2D eigenvalue weighted by Crippen LogP contribution is -2.39. The van der Waals surface area contributed by atoms with E-state index in [1.165, 1.54) is 11.1 Å². The van der Waals surface area contributed by atoms with E-state index in [2.05, 4.69) is 34.3 Å². The molecule has 1 unspecified atom stereocenters. The molecular formula is C27H31N3O4. The Labute approximate surface area is 200 Å². The van der Waals surface area contributed by atoms with Crippen molar-refractivity contribution in [1.29, 1.82) is 0 Å². The van der Waals surface area contributed by atoms with Gasteiger partial charge in [0.1, 0.15) is 12.3 Å². The number of anilines is 1. The summed E-state index contributed by atoms with van der Waals surface area (Å²) < 4.78 is 17.0. The molecule has 0 aliphatic carbocycles. The van der Waals surface area contributed by atoms with Gasteiger partial charge in [-0.2, -0.15) is 0 Å². The molecule has 0 radical (unpaired) electrons. The van der Waals surface area contributed by atoms with Gasteiger partial charge in [0, 0.05) is 38.9 Å². The Morgan fingerprint density at radius 3 is 2.71 bits per heavy atom. The summed E-state index contributed by atoms with van der Waals surface area (Å²) in [6.07, 6.45) is 2.98. The summed E-state index contributed by atoms with van der Waals surface area (Å²) in [6.45, 7) is 3.30. The van der Waals surface area contributed by atoms with Gasteiger partial charge in [-0.05, 0) is 30.4 Å². The summed E-state index contributed by atoms with van der Waals surface area (Å²) in [6, 6.07) is 18.5. The third-order valence-electron chi connectivity index (χ3n) is 6.65. The normalized spacial score (nSPS) is 17.6. The second kappa shape index (κ2) is 10.4. The quantitative estimate of drug-likeness (QED) is 0.504. The molecule has 5 rings (SSSR count). The largest absolute Gasteiger partial charge is 0.376 e. The minimum atomic E-state index is -0.0619. The minimum absolute atomic E-state index is 0.0328. The number of aromatic nitrogens is 1. The van der Waals surface area contributed by atoms with Gasteiger partial charge in [-0.1, -0.05) is 59.8 Å². The lowest BCUT2D eigenvalue weighted by atomic mass is 9.99. The van der Waals surface area contributed by atoms with Gasteiger partial charge in [0.15, 0.2) is 0 Å². The number of carbonyl (C=O) groups excluding carboxylic acids is 1. The van der Waals surface area contributed by atoms with Crippen molar-refractivity contribution < 1.29 is 18.8 Å². The summed E-state index contributed by atoms with van der Waals surface area (Å²) in [5, 5.41) is 4.49.